The molecule has 0 radical (unpaired) electrons. The van der Waals surface area contributed by atoms with Gasteiger partial charge < -0.3 is 0 Å². The molecule has 3 rings (SSSR count). The van der Waals surface area contributed by atoms with Crippen LogP contribution in [-0.2, 0) is 0 Å². The number of nitrogens with one attached hydrogen (secondary N) is 1. The molecule has 0 aliphatic carbocycles. The summed E-state index contributed by atoms with van der Waals surface area (Å²) in [5, 5.41) is 14.8. The van der Waals surface area contributed by atoms with E-state index in [9.17, 15) is 0 Å². The molecule has 0 aliphatic rings. The third-order valence-corrected chi connectivity index (χ3v) is 2.43. The lowest BCUT2D eigenvalue weighted by Gasteiger charge is -1.93. The minimum absolute atomic E-state index is 0.866. The molecule has 1 N–H and O–H groups in total. The van der Waals surface area contributed by atoms with Crippen LogP contribution in [0.15, 0.2) is 49.1 Å². The third kappa shape index (κ3) is 1.90. The van der Waals surface area contributed by atoms with Crippen molar-refractivity contribution in [1.29, 1.82) is 0 Å². The zero-order valence-corrected chi connectivity index (χ0v) is 8.91. The van der Waals surface area contributed by atoms with Gasteiger partial charge in [0.15, 0.2) is 0 Å². The maximum absolute atomic E-state index is 4.25. The second-order valence-electron chi connectivity index (χ2n) is 3.54. The predicted octanol–water partition coefficient (Wildman–Crippen LogP) is 1.93. The number of nitrogens with zero attached hydrogens (tertiary/aromatic N) is 4. The summed E-state index contributed by atoms with van der Waals surface area (Å²) in [5.74, 6) is 0. The fraction of sp³-hybridized carbons (Fsp3) is 0. The SMILES string of the molecule is c1cncc(-c2cc(-c3ccnnc3)[nH]n2)c1. The van der Waals surface area contributed by atoms with Crippen molar-refractivity contribution in [3.63, 3.8) is 0 Å². The standard InChI is InChI=1S/C12H9N5/c1-2-9(7-13-4-1)11-6-12(17-16-11)10-3-5-14-15-8-10/h1-8H,(H,16,17). The van der Waals surface area contributed by atoms with Gasteiger partial charge in [-0.1, -0.05) is 0 Å². The first-order valence-corrected chi connectivity index (χ1v) is 5.16. The van der Waals surface area contributed by atoms with Crippen LogP contribution < -0.4 is 0 Å². The van der Waals surface area contributed by atoms with E-state index in [0.717, 1.165) is 22.5 Å². The Kier molecular flexibility index (Phi) is 2.34. The Morgan fingerprint density at radius 3 is 2.71 bits per heavy atom. The first kappa shape index (κ1) is 9.65. The van der Waals surface area contributed by atoms with Gasteiger partial charge in [0.05, 0.1) is 23.8 Å². The summed E-state index contributed by atoms with van der Waals surface area (Å²) in [6, 6.07) is 7.71. The number of rotatable bonds is 2. The zero-order valence-electron chi connectivity index (χ0n) is 8.91. The van der Waals surface area contributed by atoms with Gasteiger partial charge in [-0.05, 0) is 24.3 Å². The van der Waals surface area contributed by atoms with Crippen molar-refractivity contribution in [1.82, 2.24) is 25.4 Å². The summed E-state index contributed by atoms with van der Waals surface area (Å²) >= 11 is 0. The Balaban J connectivity index is 1.99. The Morgan fingerprint density at radius 2 is 1.94 bits per heavy atom. The molecule has 3 heterocycles. The van der Waals surface area contributed by atoms with Crippen molar-refractivity contribution >= 4 is 0 Å². The van der Waals surface area contributed by atoms with Crippen LogP contribution >= 0.6 is 0 Å². The molecule has 0 saturated carbocycles. The van der Waals surface area contributed by atoms with Crippen LogP contribution in [0.25, 0.3) is 22.5 Å². The summed E-state index contributed by atoms with van der Waals surface area (Å²) in [7, 11) is 0. The van der Waals surface area contributed by atoms with E-state index in [0.29, 0.717) is 0 Å². The number of hydrogen-bond acceptors (Lipinski definition) is 4. The molecular weight excluding hydrogens is 214 g/mol. The molecule has 3 aromatic heterocycles. The van der Waals surface area contributed by atoms with Crippen LogP contribution in [0.1, 0.15) is 0 Å². The van der Waals surface area contributed by atoms with E-state index in [1.807, 2.05) is 24.3 Å². The fourth-order valence-electron chi connectivity index (χ4n) is 1.58. The Bertz CT molecular complexity index is 549. The molecule has 5 heteroatoms. The van der Waals surface area contributed by atoms with Gasteiger partial charge in [-0.2, -0.15) is 15.3 Å². The van der Waals surface area contributed by atoms with Crippen LogP contribution in [-0.4, -0.2) is 25.4 Å². The lowest BCUT2D eigenvalue weighted by Crippen LogP contribution is -1.81. The molecular formula is C12H9N5. The summed E-state index contributed by atoms with van der Waals surface area (Å²) < 4.78 is 0. The minimum atomic E-state index is 0.866. The van der Waals surface area contributed by atoms with Gasteiger partial charge in [0, 0.05) is 23.5 Å². The quantitative estimate of drug-likeness (QED) is 0.720. The smallest absolute Gasteiger partial charge is 0.0942 e. The molecule has 0 bridgehead atoms. The summed E-state index contributed by atoms with van der Waals surface area (Å²) in [4.78, 5) is 4.07. The fourth-order valence-corrected chi connectivity index (χ4v) is 1.58. The topological polar surface area (TPSA) is 67.3 Å². The highest BCUT2D eigenvalue weighted by Crippen LogP contribution is 2.21. The van der Waals surface area contributed by atoms with E-state index in [4.69, 9.17) is 0 Å². The van der Waals surface area contributed by atoms with Gasteiger partial charge in [-0.15, -0.1) is 0 Å². The van der Waals surface area contributed by atoms with Gasteiger partial charge in [0.1, 0.15) is 0 Å². The molecule has 0 aliphatic heterocycles. The average molecular weight is 223 g/mol. The highest BCUT2D eigenvalue weighted by Gasteiger charge is 2.05. The summed E-state index contributed by atoms with van der Waals surface area (Å²) in [5.41, 5.74) is 3.73. The first-order chi connectivity index (χ1) is 8.43. The van der Waals surface area contributed by atoms with Crippen molar-refractivity contribution in [3.8, 4) is 22.5 Å². The maximum Gasteiger partial charge on any atom is 0.0942 e. The Labute approximate surface area is 97.6 Å². The molecule has 0 amide bonds. The first-order valence-electron chi connectivity index (χ1n) is 5.16. The molecule has 0 spiro atoms. The van der Waals surface area contributed by atoms with E-state index in [-0.39, 0.29) is 0 Å². The Hall–Kier alpha value is -2.56. The second kappa shape index (κ2) is 4.13. The van der Waals surface area contributed by atoms with E-state index in [1.165, 1.54) is 0 Å². The van der Waals surface area contributed by atoms with Crippen LogP contribution in [0.4, 0.5) is 0 Å². The lowest BCUT2D eigenvalue weighted by molar-refractivity contribution is 1.03. The van der Waals surface area contributed by atoms with Crippen molar-refractivity contribution < 1.29 is 0 Å². The molecule has 17 heavy (non-hydrogen) atoms. The van der Waals surface area contributed by atoms with Gasteiger partial charge in [0.2, 0.25) is 0 Å². The van der Waals surface area contributed by atoms with Crippen molar-refractivity contribution in [2.75, 3.05) is 0 Å². The predicted molar refractivity (Wildman–Crippen MR) is 62.8 cm³/mol. The van der Waals surface area contributed by atoms with Crippen LogP contribution in [0, 0.1) is 0 Å². The van der Waals surface area contributed by atoms with E-state index in [2.05, 4.69) is 25.4 Å². The molecule has 82 valence electrons. The number of aromatic amines is 1. The van der Waals surface area contributed by atoms with Crippen molar-refractivity contribution in [2.24, 2.45) is 0 Å². The van der Waals surface area contributed by atoms with Gasteiger partial charge in [-0.25, -0.2) is 0 Å². The number of hydrogen-bond donors (Lipinski definition) is 1. The molecule has 5 nitrogen and oxygen atoms in total. The molecule has 0 saturated heterocycles. The summed E-state index contributed by atoms with van der Waals surface area (Å²) in [6.07, 6.45) is 6.87. The third-order valence-electron chi connectivity index (χ3n) is 2.43. The largest absolute Gasteiger partial charge is 0.277 e. The van der Waals surface area contributed by atoms with Gasteiger partial charge in [0.25, 0.3) is 0 Å². The number of aromatic nitrogens is 5. The minimum Gasteiger partial charge on any atom is -0.277 e. The maximum atomic E-state index is 4.25. The van der Waals surface area contributed by atoms with Gasteiger partial charge in [-0.3, -0.25) is 10.1 Å². The highest BCUT2D eigenvalue weighted by molar-refractivity contribution is 5.66. The van der Waals surface area contributed by atoms with Crippen LogP contribution in [0.3, 0.4) is 0 Å². The average Bonchev–Trinajstić information content (AvgIpc) is 2.90. The lowest BCUT2D eigenvalue weighted by atomic mass is 10.1. The van der Waals surface area contributed by atoms with Crippen molar-refractivity contribution in [2.45, 2.75) is 0 Å². The number of pyridine rings is 1. The number of H-pyrrole nitrogens is 1. The van der Waals surface area contributed by atoms with Gasteiger partial charge >= 0.3 is 0 Å². The normalized spacial score (nSPS) is 10.4. The van der Waals surface area contributed by atoms with Crippen LogP contribution in [0.2, 0.25) is 0 Å². The van der Waals surface area contributed by atoms with E-state index < -0.39 is 0 Å². The van der Waals surface area contributed by atoms with E-state index in [1.54, 1.807) is 24.8 Å². The Morgan fingerprint density at radius 1 is 0.941 bits per heavy atom. The van der Waals surface area contributed by atoms with E-state index >= 15 is 0 Å². The molecule has 0 aromatic carbocycles. The molecule has 0 fully saturated rings. The summed E-state index contributed by atoms with van der Waals surface area (Å²) in [6.45, 7) is 0. The molecule has 0 atom stereocenters. The van der Waals surface area contributed by atoms with Crippen molar-refractivity contribution in [3.05, 3.63) is 49.1 Å². The van der Waals surface area contributed by atoms with Crippen LogP contribution in [0.5, 0.6) is 0 Å². The molecule has 3 aromatic rings. The second-order valence-corrected chi connectivity index (χ2v) is 3.54. The monoisotopic (exact) mass is 223 g/mol. The zero-order chi connectivity index (χ0) is 11.5. The molecule has 0 unspecified atom stereocenters. The highest BCUT2D eigenvalue weighted by atomic mass is 15.1.